The Labute approximate surface area is 107 Å². The van der Waals surface area contributed by atoms with Crippen LogP contribution in [0.2, 0.25) is 0 Å². The number of carbonyl (C=O) groups is 1. The molecule has 0 aromatic rings. The van der Waals surface area contributed by atoms with Gasteiger partial charge in [-0.05, 0) is 6.92 Å². The molecule has 18 heavy (non-hydrogen) atoms. The van der Waals surface area contributed by atoms with Crippen molar-refractivity contribution in [3.63, 3.8) is 0 Å². The molecule has 1 saturated heterocycles. The third kappa shape index (κ3) is 4.90. The second-order valence-electron chi connectivity index (χ2n) is 4.91. The van der Waals surface area contributed by atoms with E-state index in [1.165, 1.54) is 0 Å². The van der Waals surface area contributed by atoms with Crippen LogP contribution in [-0.4, -0.2) is 32.4 Å². The standard InChI is InChI=1S/C11H19O6P/c1-9(2)10(12)14-5-6-15-18(13)16-7-11(3,4)8-17-18/h1,5-8H2,2-4H3. The minimum absolute atomic E-state index is 0.0220. The molecule has 7 heteroatoms. The molecule has 0 radical (unpaired) electrons. The third-order valence-corrected chi connectivity index (χ3v) is 3.53. The number of phosphoric acid groups is 1. The summed E-state index contributed by atoms with van der Waals surface area (Å²) >= 11 is 0. The Morgan fingerprint density at radius 3 is 2.39 bits per heavy atom. The smallest absolute Gasteiger partial charge is 0.460 e. The number of rotatable bonds is 5. The molecule has 1 fully saturated rings. The summed E-state index contributed by atoms with van der Waals surface area (Å²) in [7, 11) is -3.49. The van der Waals surface area contributed by atoms with Crippen molar-refractivity contribution in [1.29, 1.82) is 0 Å². The number of esters is 1. The van der Waals surface area contributed by atoms with E-state index in [1.807, 2.05) is 13.8 Å². The van der Waals surface area contributed by atoms with E-state index in [9.17, 15) is 9.36 Å². The summed E-state index contributed by atoms with van der Waals surface area (Å²) in [6.07, 6.45) is 0. The summed E-state index contributed by atoms with van der Waals surface area (Å²) in [6.45, 7) is 9.38. The van der Waals surface area contributed by atoms with Gasteiger partial charge in [0.15, 0.2) is 0 Å². The van der Waals surface area contributed by atoms with Crippen LogP contribution in [0.3, 0.4) is 0 Å². The molecule has 1 aliphatic heterocycles. The normalized spacial score (nSPS) is 21.3. The SMILES string of the molecule is C=C(C)C(=O)OCCOP1(=O)OCC(C)(C)CO1. The van der Waals surface area contributed by atoms with Crippen LogP contribution in [0.5, 0.6) is 0 Å². The molecule has 6 nitrogen and oxygen atoms in total. The zero-order valence-electron chi connectivity index (χ0n) is 10.9. The van der Waals surface area contributed by atoms with Crippen molar-refractivity contribution in [2.24, 2.45) is 5.41 Å². The van der Waals surface area contributed by atoms with Gasteiger partial charge in [-0.25, -0.2) is 9.36 Å². The van der Waals surface area contributed by atoms with E-state index < -0.39 is 13.8 Å². The summed E-state index contributed by atoms with van der Waals surface area (Å²) in [5, 5.41) is 0. The van der Waals surface area contributed by atoms with E-state index in [2.05, 4.69) is 6.58 Å². The quantitative estimate of drug-likeness (QED) is 0.332. The molecule has 0 spiro atoms. The lowest BCUT2D eigenvalue weighted by Gasteiger charge is -2.32. The molecular formula is C11H19O6P. The van der Waals surface area contributed by atoms with Crippen molar-refractivity contribution in [1.82, 2.24) is 0 Å². The van der Waals surface area contributed by atoms with Crippen molar-refractivity contribution in [3.05, 3.63) is 12.2 Å². The second kappa shape index (κ2) is 5.97. The molecule has 0 amide bonds. The molecule has 0 unspecified atom stereocenters. The maximum Gasteiger partial charge on any atom is 0.474 e. The van der Waals surface area contributed by atoms with Gasteiger partial charge in [0.05, 0.1) is 19.8 Å². The first-order valence-electron chi connectivity index (χ1n) is 5.60. The Bertz CT molecular complexity index is 362. The van der Waals surface area contributed by atoms with Gasteiger partial charge >= 0.3 is 13.8 Å². The topological polar surface area (TPSA) is 71.1 Å². The average molecular weight is 278 g/mol. The Hall–Kier alpha value is -0.680. The Kier molecular flexibility index (Phi) is 5.10. The number of ether oxygens (including phenoxy) is 1. The zero-order valence-corrected chi connectivity index (χ0v) is 11.8. The third-order valence-electron chi connectivity index (χ3n) is 2.14. The highest BCUT2D eigenvalue weighted by molar-refractivity contribution is 7.48. The lowest BCUT2D eigenvalue weighted by atomic mass is 9.97. The van der Waals surface area contributed by atoms with Gasteiger partial charge in [-0.1, -0.05) is 20.4 Å². The Morgan fingerprint density at radius 1 is 1.33 bits per heavy atom. The first kappa shape index (κ1) is 15.4. The maximum absolute atomic E-state index is 11.9. The van der Waals surface area contributed by atoms with Gasteiger partial charge < -0.3 is 4.74 Å². The van der Waals surface area contributed by atoms with Gasteiger partial charge in [-0.15, -0.1) is 0 Å². The second-order valence-corrected chi connectivity index (χ2v) is 6.58. The van der Waals surface area contributed by atoms with Crippen molar-refractivity contribution in [2.45, 2.75) is 20.8 Å². The van der Waals surface area contributed by atoms with Crippen LogP contribution in [0.15, 0.2) is 12.2 Å². The predicted molar refractivity (Wildman–Crippen MR) is 65.0 cm³/mol. The lowest BCUT2D eigenvalue weighted by Crippen LogP contribution is -2.30. The van der Waals surface area contributed by atoms with Gasteiger partial charge in [0.2, 0.25) is 0 Å². The van der Waals surface area contributed by atoms with Gasteiger partial charge in [0.1, 0.15) is 6.61 Å². The zero-order chi connectivity index (χ0) is 13.8. The monoisotopic (exact) mass is 278 g/mol. The maximum atomic E-state index is 11.9. The van der Waals surface area contributed by atoms with Gasteiger partial charge in [-0.2, -0.15) is 0 Å². The molecular weight excluding hydrogens is 259 g/mol. The van der Waals surface area contributed by atoms with Crippen LogP contribution < -0.4 is 0 Å². The van der Waals surface area contributed by atoms with Crippen molar-refractivity contribution < 1.29 is 27.7 Å². The summed E-state index contributed by atoms with van der Waals surface area (Å²) in [5.41, 5.74) is 0.123. The highest BCUT2D eigenvalue weighted by atomic mass is 31.2. The molecule has 1 rings (SSSR count). The molecule has 0 aromatic carbocycles. The van der Waals surface area contributed by atoms with Crippen LogP contribution in [0.1, 0.15) is 20.8 Å². The number of carbonyl (C=O) groups excluding carboxylic acids is 1. The molecule has 0 atom stereocenters. The van der Waals surface area contributed by atoms with Crippen LogP contribution in [0, 0.1) is 5.41 Å². The highest BCUT2D eigenvalue weighted by Gasteiger charge is 2.37. The van der Waals surface area contributed by atoms with E-state index in [-0.39, 0.29) is 18.6 Å². The number of hydrogen-bond donors (Lipinski definition) is 0. The Balaban J connectivity index is 2.26. The average Bonchev–Trinajstić information content (AvgIpc) is 2.29. The van der Waals surface area contributed by atoms with Crippen LogP contribution in [-0.2, 0) is 27.7 Å². The van der Waals surface area contributed by atoms with Gasteiger partial charge in [0, 0.05) is 11.0 Å². The van der Waals surface area contributed by atoms with Crippen molar-refractivity contribution in [3.8, 4) is 0 Å². The van der Waals surface area contributed by atoms with E-state index in [0.717, 1.165) is 0 Å². The fourth-order valence-corrected chi connectivity index (χ4v) is 2.60. The van der Waals surface area contributed by atoms with Gasteiger partial charge in [-0.3, -0.25) is 13.6 Å². The summed E-state index contributed by atoms with van der Waals surface area (Å²) in [6, 6.07) is 0. The van der Waals surface area contributed by atoms with E-state index in [4.69, 9.17) is 18.3 Å². The van der Waals surface area contributed by atoms with E-state index in [0.29, 0.717) is 18.8 Å². The van der Waals surface area contributed by atoms with Crippen LogP contribution in [0.4, 0.5) is 0 Å². The minimum Gasteiger partial charge on any atom is -0.460 e. The fraction of sp³-hybridized carbons (Fsp3) is 0.727. The van der Waals surface area contributed by atoms with Crippen molar-refractivity contribution >= 4 is 13.8 Å². The minimum atomic E-state index is -3.49. The van der Waals surface area contributed by atoms with Crippen LogP contribution >= 0.6 is 7.82 Å². The number of phosphoric ester groups is 1. The van der Waals surface area contributed by atoms with Crippen molar-refractivity contribution in [2.75, 3.05) is 26.4 Å². The molecule has 1 aliphatic rings. The fourth-order valence-electron chi connectivity index (χ4n) is 1.07. The predicted octanol–water partition coefficient (Wildman–Crippen LogP) is 2.30. The summed E-state index contributed by atoms with van der Waals surface area (Å²) in [5.74, 6) is -0.511. The molecule has 0 aliphatic carbocycles. The Morgan fingerprint density at radius 2 is 1.89 bits per heavy atom. The highest BCUT2D eigenvalue weighted by Crippen LogP contribution is 2.54. The summed E-state index contributed by atoms with van der Waals surface area (Å²) < 4.78 is 31.8. The molecule has 0 aromatic heterocycles. The van der Waals surface area contributed by atoms with Gasteiger partial charge in [0.25, 0.3) is 0 Å². The first-order chi connectivity index (χ1) is 8.24. The van der Waals surface area contributed by atoms with E-state index >= 15 is 0 Å². The lowest BCUT2D eigenvalue weighted by molar-refractivity contribution is -0.140. The van der Waals surface area contributed by atoms with E-state index in [1.54, 1.807) is 6.92 Å². The molecule has 104 valence electrons. The largest absolute Gasteiger partial charge is 0.474 e. The van der Waals surface area contributed by atoms with Crippen LogP contribution in [0.25, 0.3) is 0 Å². The molecule has 0 N–H and O–H groups in total. The first-order valence-corrected chi connectivity index (χ1v) is 7.06. The molecule has 0 bridgehead atoms. The summed E-state index contributed by atoms with van der Waals surface area (Å²) in [4.78, 5) is 11.1. The molecule has 0 saturated carbocycles. The molecule has 1 heterocycles. The number of hydrogen-bond acceptors (Lipinski definition) is 6.